The maximum absolute atomic E-state index is 13.1. The van der Waals surface area contributed by atoms with Crippen molar-refractivity contribution in [3.63, 3.8) is 0 Å². The number of anilines is 1. The van der Waals surface area contributed by atoms with Gasteiger partial charge in [-0.25, -0.2) is 9.18 Å². The van der Waals surface area contributed by atoms with Crippen LogP contribution >= 0.6 is 0 Å². The lowest BCUT2D eigenvalue weighted by Crippen LogP contribution is -2.35. The Bertz CT molecular complexity index is 932. The highest BCUT2D eigenvalue weighted by Crippen LogP contribution is 2.21. The summed E-state index contributed by atoms with van der Waals surface area (Å²) in [4.78, 5) is 39.0. The summed E-state index contributed by atoms with van der Waals surface area (Å²) in [5, 5.41) is 11.2. The standard InChI is InChI=1S/C20H20FN3O5/c1-29-20(26)15-11-14(12-18(13-15)24(27)28)19(25)23-8-2-7-22(9-10-23)17-5-3-16(21)4-6-17/h3-6,11-13H,2,7-10H2,1H3. The number of nitrogens with zero attached hydrogens (tertiary/aromatic N) is 3. The smallest absolute Gasteiger partial charge is 0.338 e. The molecule has 3 rings (SSSR count). The number of halogens is 1. The molecule has 0 aliphatic carbocycles. The van der Waals surface area contributed by atoms with Crippen molar-refractivity contribution in [1.29, 1.82) is 0 Å². The molecular weight excluding hydrogens is 381 g/mol. The lowest BCUT2D eigenvalue weighted by molar-refractivity contribution is -0.384. The third-order valence-corrected chi connectivity index (χ3v) is 4.77. The highest BCUT2D eigenvalue weighted by molar-refractivity contribution is 5.99. The first-order valence-electron chi connectivity index (χ1n) is 9.06. The van der Waals surface area contributed by atoms with Crippen LogP contribution in [0, 0.1) is 15.9 Å². The van der Waals surface area contributed by atoms with E-state index in [1.54, 1.807) is 17.0 Å². The van der Waals surface area contributed by atoms with E-state index in [1.807, 2.05) is 0 Å². The van der Waals surface area contributed by atoms with E-state index in [-0.39, 0.29) is 28.5 Å². The molecule has 1 aliphatic rings. The number of hydrogen-bond acceptors (Lipinski definition) is 6. The molecule has 0 radical (unpaired) electrons. The van der Waals surface area contributed by atoms with Crippen LogP contribution < -0.4 is 4.90 Å². The molecule has 1 aliphatic heterocycles. The maximum Gasteiger partial charge on any atom is 0.338 e. The number of nitro groups is 1. The summed E-state index contributed by atoms with van der Waals surface area (Å²) in [5.41, 5.74) is 0.533. The van der Waals surface area contributed by atoms with E-state index in [2.05, 4.69) is 9.64 Å². The Balaban J connectivity index is 1.79. The van der Waals surface area contributed by atoms with Gasteiger partial charge in [-0.3, -0.25) is 14.9 Å². The van der Waals surface area contributed by atoms with Crippen molar-refractivity contribution >= 4 is 23.3 Å². The van der Waals surface area contributed by atoms with Crippen LogP contribution in [0.3, 0.4) is 0 Å². The molecule has 9 heteroatoms. The zero-order chi connectivity index (χ0) is 21.0. The second-order valence-electron chi connectivity index (χ2n) is 6.63. The van der Waals surface area contributed by atoms with Crippen molar-refractivity contribution in [2.45, 2.75) is 6.42 Å². The van der Waals surface area contributed by atoms with Gasteiger partial charge >= 0.3 is 5.97 Å². The number of non-ortho nitro benzene ring substituents is 1. The summed E-state index contributed by atoms with van der Waals surface area (Å²) in [5.74, 6) is -1.45. The molecule has 29 heavy (non-hydrogen) atoms. The van der Waals surface area contributed by atoms with Crippen molar-refractivity contribution in [2.75, 3.05) is 38.2 Å². The minimum atomic E-state index is -0.749. The average Bonchev–Trinajstić information content (AvgIpc) is 2.99. The number of amides is 1. The number of ether oxygens (including phenoxy) is 1. The van der Waals surface area contributed by atoms with Crippen molar-refractivity contribution in [3.8, 4) is 0 Å². The first-order chi connectivity index (χ1) is 13.9. The molecule has 1 fully saturated rings. The predicted molar refractivity (Wildman–Crippen MR) is 104 cm³/mol. The van der Waals surface area contributed by atoms with Gasteiger partial charge in [0.1, 0.15) is 5.82 Å². The topological polar surface area (TPSA) is 93.0 Å². The van der Waals surface area contributed by atoms with Crippen LogP contribution in [0.1, 0.15) is 27.1 Å². The van der Waals surface area contributed by atoms with Gasteiger partial charge in [0, 0.05) is 49.6 Å². The van der Waals surface area contributed by atoms with Gasteiger partial charge in [0.2, 0.25) is 0 Å². The second-order valence-corrected chi connectivity index (χ2v) is 6.63. The van der Waals surface area contributed by atoms with E-state index in [0.717, 1.165) is 17.8 Å². The molecule has 2 aromatic carbocycles. The highest BCUT2D eigenvalue weighted by Gasteiger charge is 2.24. The number of benzene rings is 2. The fourth-order valence-corrected chi connectivity index (χ4v) is 3.29. The van der Waals surface area contributed by atoms with Crippen LogP contribution in [0.4, 0.5) is 15.8 Å². The van der Waals surface area contributed by atoms with Crippen LogP contribution in [0.25, 0.3) is 0 Å². The summed E-state index contributed by atoms with van der Waals surface area (Å²) in [6.45, 7) is 2.09. The predicted octanol–water partition coefficient (Wildman–Crippen LogP) is 2.87. The van der Waals surface area contributed by atoms with Crippen LogP contribution in [0.5, 0.6) is 0 Å². The zero-order valence-corrected chi connectivity index (χ0v) is 15.8. The minimum absolute atomic E-state index is 0.0483. The Kier molecular flexibility index (Phi) is 6.06. The lowest BCUT2D eigenvalue weighted by Gasteiger charge is -2.24. The van der Waals surface area contributed by atoms with Gasteiger partial charge in [-0.15, -0.1) is 0 Å². The number of rotatable bonds is 4. The summed E-state index contributed by atoms with van der Waals surface area (Å²) >= 11 is 0. The van der Waals surface area contributed by atoms with Gasteiger partial charge in [-0.2, -0.15) is 0 Å². The summed E-state index contributed by atoms with van der Waals surface area (Å²) in [6, 6.07) is 9.72. The van der Waals surface area contributed by atoms with E-state index in [9.17, 15) is 24.1 Å². The summed E-state index contributed by atoms with van der Waals surface area (Å²) in [6.07, 6.45) is 0.682. The lowest BCUT2D eigenvalue weighted by atomic mass is 10.1. The molecule has 0 aromatic heterocycles. The SMILES string of the molecule is COC(=O)c1cc(C(=O)N2CCCN(c3ccc(F)cc3)CC2)cc([N+](=O)[O-])c1. The molecule has 0 N–H and O–H groups in total. The molecule has 1 amide bonds. The number of methoxy groups -OCH3 is 1. The quantitative estimate of drug-likeness (QED) is 0.444. The van der Waals surface area contributed by atoms with Crippen LogP contribution in [0.2, 0.25) is 0 Å². The third-order valence-electron chi connectivity index (χ3n) is 4.77. The number of esters is 1. The maximum atomic E-state index is 13.1. The molecule has 0 unspecified atom stereocenters. The largest absolute Gasteiger partial charge is 0.465 e. The molecule has 0 saturated carbocycles. The van der Waals surface area contributed by atoms with Gasteiger partial charge in [-0.05, 0) is 36.8 Å². The first kappa shape index (κ1) is 20.2. The van der Waals surface area contributed by atoms with E-state index < -0.39 is 10.9 Å². The Labute approximate surface area is 166 Å². The second kappa shape index (κ2) is 8.68. The zero-order valence-electron chi connectivity index (χ0n) is 15.8. The molecule has 1 heterocycles. The van der Waals surface area contributed by atoms with Crippen molar-refractivity contribution in [3.05, 3.63) is 69.5 Å². The Morgan fingerprint density at radius 3 is 2.38 bits per heavy atom. The van der Waals surface area contributed by atoms with Gasteiger partial charge in [0.15, 0.2) is 0 Å². The van der Waals surface area contributed by atoms with Gasteiger partial charge in [-0.1, -0.05) is 0 Å². The first-order valence-corrected chi connectivity index (χ1v) is 9.06. The van der Waals surface area contributed by atoms with Gasteiger partial charge < -0.3 is 14.5 Å². The molecular formula is C20H20FN3O5. The Hall–Kier alpha value is -3.49. The van der Waals surface area contributed by atoms with Gasteiger partial charge in [0.25, 0.3) is 11.6 Å². The number of carbonyl (C=O) groups is 2. The average molecular weight is 401 g/mol. The van der Waals surface area contributed by atoms with E-state index in [1.165, 1.54) is 25.3 Å². The Morgan fingerprint density at radius 1 is 1.03 bits per heavy atom. The van der Waals surface area contributed by atoms with E-state index in [4.69, 9.17) is 0 Å². The van der Waals surface area contributed by atoms with Crippen LogP contribution in [-0.2, 0) is 4.74 Å². The van der Waals surface area contributed by atoms with Crippen molar-refractivity contribution in [2.24, 2.45) is 0 Å². The van der Waals surface area contributed by atoms with Gasteiger partial charge in [0.05, 0.1) is 17.6 Å². The number of nitro benzene ring substituents is 1. The van der Waals surface area contributed by atoms with E-state index in [0.29, 0.717) is 32.6 Å². The number of hydrogen-bond donors (Lipinski definition) is 0. The van der Waals surface area contributed by atoms with Crippen LogP contribution in [0.15, 0.2) is 42.5 Å². The molecule has 152 valence electrons. The van der Waals surface area contributed by atoms with Crippen molar-refractivity contribution < 1.29 is 23.6 Å². The van der Waals surface area contributed by atoms with E-state index >= 15 is 0 Å². The molecule has 0 spiro atoms. The third kappa shape index (κ3) is 4.68. The fourth-order valence-electron chi connectivity index (χ4n) is 3.29. The molecule has 0 bridgehead atoms. The highest BCUT2D eigenvalue weighted by atomic mass is 19.1. The molecule has 2 aromatic rings. The Morgan fingerprint density at radius 2 is 1.72 bits per heavy atom. The fraction of sp³-hybridized carbons (Fsp3) is 0.300. The number of carbonyl (C=O) groups excluding carboxylic acids is 2. The normalized spacial score (nSPS) is 14.3. The van der Waals surface area contributed by atoms with Crippen molar-refractivity contribution in [1.82, 2.24) is 4.90 Å². The molecule has 0 atom stereocenters. The van der Waals surface area contributed by atoms with Crippen LogP contribution in [-0.4, -0.2) is 55.0 Å². The summed E-state index contributed by atoms with van der Waals surface area (Å²) in [7, 11) is 1.17. The monoisotopic (exact) mass is 401 g/mol. The molecule has 1 saturated heterocycles. The molecule has 8 nitrogen and oxygen atoms in total. The minimum Gasteiger partial charge on any atom is -0.465 e. The summed E-state index contributed by atoms with van der Waals surface area (Å²) < 4.78 is 17.8.